The Morgan fingerprint density at radius 1 is 1.22 bits per heavy atom. The molecule has 3 rings (SSSR count). The number of pyridine rings is 1. The highest BCUT2D eigenvalue weighted by atomic mass is 19.1. The minimum absolute atomic E-state index is 0.198. The molecule has 1 aromatic heterocycles. The van der Waals surface area contributed by atoms with E-state index in [2.05, 4.69) is 34.1 Å². The second-order valence-electron chi connectivity index (χ2n) is 6.21. The molecule has 0 spiro atoms. The molecule has 0 aliphatic carbocycles. The van der Waals surface area contributed by atoms with Gasteiger partial charge in [-0.05, 0) is 26.1 Å². The molecule has 0 radical (unpaired) electrons. The van der Waals surface area contributed by atoms with Crippen LogP contribution in [0.4, 0.5) is 14.5 Å². The summed E-state index contributed by atoms with van der Waals surface area (Å²) in [6, 6.07) is 4.31. The second kappa shape index (κ2) is 6.76. The molecule has 124 valence electrons. The Balaban J connectivity index is 1.72. The van der Waals surface area contributed by atoms with Crippen LogP contribution in [0.1, 0.15) is 6.92 Å². The SMILES string of the molecule is CC(CNc1ccnc2c(F)cc(F)cc12)N1CCN(C)CC1. The summed E-state index contributed by atoms with van der Waals surface area (Å²) < 4.78 is 27.3. The Bertz CT molecular complexity index is 684. The van der Waals surface area contributed by atoms with Crippen molar-refractivity contribution in [2.45, 2.75) is 13.0 Å². The summed E-state index contributed by atoms with van der Waals surface area (Å²) in [5.74, 6) is -1.21. The summed E-state index contributed by atoms with van der Waals surface area (Å²) in [6.07, 6.45) is 1.55. The van der Waals surface area contributed by atoms with Crippen LogP contribution >= 0.6 is 0 Å². The lowest BCUT2D eigenvalue weighted by Gasteiger charge is -2.36. The maximum absolute atomic E-state index is 13.8. The molecular weight excluding hydrogens is 298 g/mol. The number of piperazine rings is 1. The van der Waals surface area contributed by atoms with Gasteiger partial charge >= 0.3 is 0 Å². The monoisotopic (exact) mass is 320 g/mol. The van der Waals surface area contributed by atoms with Gasteiger partial charge in [-0.1, -0.05) is 0 Å². The molecule has 1 aromatic carbocycles. The van der Waals surface area contributed by atoms with E-state index in [1.807, 2.05) is 0 Å². The number of rotatable bonds is 4. The molecule has 1 N–H and O–H groups in total. The van der Waals surface area contributed by atoms with Crippen molar-refractivity contribution in [2.24, 2.45) is 0 Å². The first-order valence-corrected chi connectivity index (χ1v) is 7.95. The average molecular weight is 320 g/mol. The summed E-state index contributed by atoms with van der Waals surface area (Å²) in [5, 5.41) is 3.80. The Morgan fingerprint density at radius 3 is 2.70 bits per heavy atom. The van der Waals surface area contributed by atoms with Crippen LogP contribution in [0.3, 0.4) is 0 Å². The summed E-state index contributed by atoms with van der Waals surface area (Å²) in [5.41, 5.74) is 0.915. The van der Waals surface area contributed by atoms with Gasteiger partial charge in [-0.3, -0.25) is 9.88 Å². The van der Waals surface area contributed by atoms with Crippen molar-refractivity contribution in [1.29, 1.82) is 0 Å². The molecular formula is C17H22F2N4. The number of hydrogen-bond donors (Lipinski definition) is 1. The van der Waals surface area contributed by atoms with Crippen molar-refractivity contribution in [2.75, 3.05) is 45.1 Å². The fourth-order valence-corrected chi connectivity index (χ4v) is 2.98. The second-order valence-corrected chi connectivity index (χ2v) is 6.21. The lowest BCUT2D eigenvalue weighted by Crippen LogP contribution is -2.49. The molecule has 0 saturated carbocycles. The van der Waals surface area contributed by atoms with E-state index in [1.54, 1.807) is 12.3 Å². The molecule has 1 saturated heterocycles. The third-order valence-corrected chi connectivity index (χ3v) is 4.51. The van der Waals surface area contributed by atoms with Gasteiger partial charge in [-0.25, -0.2) is 8.78 Å². The smallest absolute Gasteiger partial charge is 0.152 e. The van der Waals surface area contributed by atoms with E-state index in [4.69, 9.17) is 0 Å². The number of nitrogens with zero attached hydrogens (tertiary/aromatic N) is 3. The van der Waals surface area contributed by atoms with Crippen molar-refractivity contribution >= 4 is 16.6 Å². The Morgan fingerprint density at radius 2 is 1.96 bits per heavy atom. The van der Waals surface area contributed by atoms with Crippen LogP contribution in [0.5, 0.6) is 0 Å². The first kappa shape index (κ1) is 16.1. The number of likely N-dealkylation sites (N-methyl/N-ethyl adjacent to an activating group) is 1. The van der Waals surface area contributed by atoms with Crippen LogP contribution in [0.15, 0.2) is 24.4 Å². The van der Waals surface area contributed by atoms with E-state index in [1.165, 1.54) is 6.07 Å². The number of nitrogens with one attached hydrogen (secondary N) is 1. The number of hydrogen-bond acceptors (Lipinski definition) is 4. The molecule has 4 nitrogen and oxygen atoms in total. The number of aromatic nitrogens is 1. The maximum atomic E-state index is 13.8. The largest absolute Gasteiger partial charge is 0.383 e. The van der Waals surface area contributed by atoms with Crippen LogP contribution in [0, 0.1) is 11.6 Å². The van der Waals surface area contributed by atoms with Crippen molar-refractivity contribution in [1.82, 2.24) is 14.8 Å². The predicted molar refractivity (Wildman–Crippen MR) is 88.7 cm³/mol. The molecule has 0 bridgehead atoms. The van der Waals surface area contributed by atoms with Gasteiger partial charge in [-0.15, -0.1) is 0 Å². The highest BCUT2D eigenvalue weighted by molar-refractivity contribution is 5.91. The van der Waals surface area contributed by atoms with E-state index in [-0.39, 0.29) is 5.52 Å². The molecule has 1 aliphatic heterocycles. The third-order valence-electron chi connectivity index (χ3n) is 4.51. The molecule has 1 fully saturated rings. The predicted octanol–water partition coefficient (Wildman–Crippen LogP) is 2.56. The van der Waals surface area contributed by atoms with Crippen LogP contribution in [-0.2, 0) is 0 Å². The van der Waals surface area contributed by atoms with Crippen molar-refractivity contribution in [3.05, 3.63) is 36.0 Å². The van der Waals surface area contributed by atoms with Crippen LogP contribution in [0.2, 0.25) is 0 Å². The zero-order chi connectivity index (χ0) is 16.4. The standard InChI is InChI=1S/C17H22F2N4/c1-12(23-7-5-22(2)6-8-23)11-21-16-3-4-20-17-14(16)9-13(18)10-15(17)19/h3-4,9-10,12H,5-8,11H2,1-2H3,(H,20,21). The summed E-state index contributed by atoms with van der Waals surface area (Å²) in [7, 11) is 2.13. The van der Waals surface area contributed by atoms with Gasteiger partial charge in [0.2, 0.25) is 0 Å². The van der Waals surface area contributed by atoms with Crippen molar-refractivity contribution < 1.29 is 8.78 Å². The van der Waals surface area contributed by atoms with Gasteiger partial charge in [0.05, 0.1) is 0 Å². The quantitative estimate of drug-likeness (QED) is 0.938. The highest BCUT2D eigenvalue weighted by Gasteiger charge is 2.19. The Hall–Kier alpha value is -1.79. The average Bonchev–Trinajstić information content (AvgIpc) is 2.53. The molecule has 1 aliphatic rings. The van der Waals surface area contributed by atoms with E-state index < -0.39 is 11.6 Å². The maximum Gasteiger partial charge on any atom is 0.152 e. The summed E-state index contributed by atoms with van der Waals surface area (Å²) in [4.78, 5) is 8.76. The number of benzene rings is 1. The molecule has 1 atom stereocenters. The Kier molecular flexibility index (Phi) is 4.73. The van der Waals surface area contributed by atoms with Crippen LogP contribution in [-0.4, -0.2) is 60.6 Å². The molecule has 1 unspecified atom stereocenters. The molecule has 23 heavy (non-hydrogen) atoms. The van der Waals surface area contributed by atoms with Gasteiger partial charge < -0.3 is 10.2 Å². The van der Waals surface area contributed by atoms with E-state index >= 15 is 0 Å². The first-order chi connectivity index (χ1) is 11.0. The van der Waals surface area contributed by atoms with Crippen molar-refractivity contribution in [3.8, 4) is 0 Å². The normalized spacial score (nSPS) is 18.3. The van der Waals surface area contributed by atoms with E-state index in [0.29, 0.717) is 11.4 Å². The third kappa shape index (κ3) is 3.59. The molecule has 6 heteroatoms. The van der Waals surface area contributed by atoms with Gasteiger partial charge in [0, 0.05) is 62.1 Å². The number of fused-ring (bicyclic) bond motifs is 1. The topological polar surface area (TPSA) is 31.4 Å². The summed E-state index contributed by atoms with van der Waals surface area (Å²) in [6.45, 7) is 7.11. The minimum atomic E-state index is -0.629. The fourth-order valence-electron chi connectivity index (χ4n) is 2.98. The van der Waals surface area contributed by atoms with Gasteiger partial charge in [0.1, 0.15) is 11.3 Å². The number of halogens is 2. The zero-order valence-corrected chi connectivity index (χ0v) is 13.5. The van der Waals surface area contributed by atoms with Crippen LogP contribution in [0.25, 0.3) is 10.9 Å². The van der Waals surface area contributed by atoms with Crippen LogP contribution < -0.4 is 5.32 Å². The van der Waals surface area contributed by atoms with E-state index in [0.717, 1.165) is 44.5 Å². The van der Waals surface area contributed by atoms with Gasteiger partial charge in [0.15, 0.2) is 5.82 Å². The molecule has 2 heterocycles. The minimum Gasteiger partial charge on any atom is -0.383 e. The first-order valence-electron chi connectivity index (χ1n) is 7.95. The number of anilines is 1. The summed E-state index contributed by atoms with van der Waals surface area (Å²) >= 11 is 0. The zero-order valence-electron chi connectivity index (χ0n) is 13.5. The Labute approximate surface area is 135 Å². The molecule has 0 amide bonds. The highest BCUT2D eigenvalue weighted by Crippen LogP contribution is 2.25. The molecule has 2 aromatic rings. The lowest BCUT2D eigenvalue weighted by molar-refractivity contribution is 0.123. The van der Waals surface area contributed by atoms with Gasteiger partial charge in [-0.2, -0.15) is 0 Å². The van der Waals surface area contributed by atoms with E-state index in [9.17, 15) is 8.78 Å². The fraction of sp³-hybridized carbons (Fsp3) is 0.471. The van der Waals surface area contributed by atoms with Gasteiger partial charge in [0.25, 0.3) is 0 Å². The van der Waals surface area contributed by atoms with Crippen molar-refractivity contribution in [3.63, 3.8) is 0 Å². The lowest BCUT2D eigenvalue weighted by atomic mass is 10.1.